The normalized spacial score (nSPS) is 11.9. The summed E-state index contributed by atoms with van der Waals surface area (Å²) in [5, 5.41) is 4.04. The number of amides is 1. The fraction of sp³-hybridized carbons (Fsp3) is 0.167. The zero-order chi connectivity index (χ0) is 20.9. The predicted molar refractivity (Wildman–Crippen MR) is 114 cm³/mol. The maximum absolute atomic E-state index is 13.5. The molecule has 5 nitrogen and oxygen atoms in total. The first-order valence-corrected chi connectivity index (χ1v) is 9.81. The van der Waals surface area contributed by atoms with Crippen LogP contribution in [0.3, 0.4) is 0 Å². The number of carbonyl (C=O) groups excluding carboxylic acids is 1. The van der Waals surface area contributed by atoms with E-state index in [0.717, 1.165) is 28.6 Å². The average molecular weight is 403 g/mol. The van der Waals surface area contributed by atoms with Gasteiger partial charge in [-0.2, -0.15) is 0 Å². The molecule has 0 aliphatic rings. The fourth-order valence-corrected chi connectivity index (χ4v) is 3.52. The highest BCUT2D eigenvalue weighted by molar-refractivity contribution is 5.86. The van der Waals surface area contributed by atoms with Crippen molar-refractivity contribution in [2.45, 2.75) is 19.5 Å². The van der Waals surface area contributed by atoms with Crippen molar-refractivity contribution >= 4 is 16.8 Å². The van der Waals surface area contributed by atoms with Crippen LogP contribution < -0.4 is 10.1 Å². The lowest BCUT2D eigenvalue weighted by Gasteiger charge is -2.19. The van der Waals surface area contributed by atoms with E-state index in [1.54, 1.807) is 30.5 Å². The number of fused-ring (bicyclic) bond motifs is 1. The lowest BCUT2D eigenvalue weighted by molar-refractivity contribution is -0.123. The van der Waals surface area contributed by atoms with Crippen molar-refractivity contribution in [3.63, 3.8) is 0 Å². The van der Waals surface area contributed by atoms with Crippen molar-refractivity contribution in [3.05, 3.63) is 96.2 Å². The summed E-state index contributed by atoms with van der Waals surface area (Å²) in [6, 6.07) is 16.8. The zero-order valence-corrected chi connectivity index (χ0v) is 16.6. The molecule has 2 heterocycles. The number of nitrogens with one attached hydrogen (secondary N) is 1. The molecule has 0 fully saturated rings. The predicted octanol–water partition coefficient (Wildman–Crippen LogP) is 4.48. The van der Waals surface area contributed by atoms with Gasteiger partial charge in [-0.25, -0.2) is 4.39 Å². The summed E-state index contributed by atoms with van der Waals surface area (Å²) in [5.74, 6) is 0.0377. The average Bonchev–Trinajstić information content (AvgIpc) is 3.16. The van der Waals surface area contributed by atoms with Gasteiger partial charge in [0.1, 0.15) is 11.6 Å². The number of aryl methyl sites for hydroxylation is 1. The lowest BCUT2D eigenvalue weighted by atomic mass is 9.98. The van der Waals surface area contributed by atoms with E-state index < -0.39 is 6.04 Å². The monoisotopic (exact) mass is 403 g/mol. The molecule has 30 heavy (non-hydrogen) atoms. The standard InChI is InChI=1S/C24H22FN3O2/c1-2-28-15-21(20-12-13-26-14-22(20)28)24(17-8-10-18(25)11-9-17)27-23(29)16-30-19-6-4-3-5-7-19/h3-15,24H,2,16H2,1H3,(H,27,29). The van der Waals surface area contributed by atoms with Gasteiger partial charge in [-0.1, -0.05) is 30.3 Å². The molecule has 1 unspecified atom stereocenters. The highest BCUT2D eigenvalue weighted by atomic mass is 19.1. The molecule has 0 spiro atoms. The van der Waals surface area contributed by atoms with Crippen LogP contribution in [0.4, 0.5) is 4.39 Å². The number of pyridine rings is 1. The molecule has 6 heteroatoms. The number of aromatic nitrogens is 2. The molecule has 2 aromatic heterocycles. The molecule has 1 atom stereocenters. The molecule has 0 bridgehead atoms. The number of halogens is 1. The minimum Gasteiger partial charge on any atom is -0.484 e. The number of carbonyl (C=O) groups is 1. The van der Waals surface area contributed by atoms with Gasteiger partial charge in [-0.15, -0.1) is 0 Å². The van der Waals surface area contributed by atoms with Crippen LogP contribution in [0.25, 0.3) is 10.9 Å². The van der Waals surface area contributed by atoms with E-state index in [4.69, 9.17) is 4.74 Å². The Bertz CT molecular complexity index is 1140. The Kier molecular flexibility index (Phi) is 5.75. The molecular formula is C24H22FN3O2. The summed E-state index contributed by atoms with van der Waals surface area (Å²) >= 11 is 0. The Balaban J connectivity index is 1.65. The Hall–Kier alpha value is -3.67. The van der Waals surface area contributed by atoms with Gasteiger partial charge in [0.2, 0.25) is 0 Å². The second-order valence-electron chi connectivity index (χ2n) is 6.92. The van der Waals surface area contributed by atoms with E-state index in [9.17, 15) is 9.18 Å². The Morgan fingerprint density at radius 3 is 2.63 bits per heavy atom. The van der Waals surface area contributed by atoms with Crippen LogP contribution in [-0.4, -0.2) is 22.1 Å². The van der Waals surface area contributed by atoms with Gasteiger partial charge < -0.3 is 14.6 Å². The summed E-state index contributed by atoms with van der Waals surface area (Å²) in [6.07, 6.45) is 5.55. The van der Waals surface area contributed by atoms with Crippen LogP contribution in [0.2, 0.25) is 0 Å². The summed E-state index contributed by atoms with van der Waals surface area (Å²) in [7, 11) is 0. The zero-order valence-electron chi connectivity index (χ0n) is 16.6. The van der Waals surface area contributed by atoms with Crippen LogP contribution in [0.1, 0.15) is 24.1 Å². The maximum atomic E-state index is 13.5. The topological polar surface area (TPSA) is 56.2 Å². The molecule has 0 saturated carbocycles. The van der Waals surface area contributed by atoms with Gasteiger partial charge >= 0.3 is 0 Å². The van der Waals surface area contributed by atoms with Gasteiger partial charge in [0.15, 0.2) is 6.61 Å². The van der Waals surface area contributed by atoms with Crippen molar-refractivity contribution in [3.8, 4) is 5.75 Å². The van der Waals surface area contributed by atoms with Gasteiger partial charge in [-0.05, 0) is 42.8 Å². The number of rotatable bonds is 7. The Morgan fingerprint density at radius 2 is 1.90 bits per heavy atom. The molecule has 152 valence electrons. The summed E-state index contributed by atoms with van der Waals surface area (Å²) in [6.45, 7) is 2.70. The second kappa shape index (κ2) is 8.78. The van der Waals surface area contributed by atoms with Gasteiger partial charge in [-0.3, -0.25) is 9.78 Å². The maximum Gasteiger partial charge on any atom is 0.258 e. The SMILES string of the molecule is CCn1cc(C(NC(=O)COc2ccccc2)c2ccc(F)cc2)c2ccncc21. The Labute approximate surface area is 174 Å². The first-order chi connectivity index (χ1) is 14.7. The molecule has 0 saturated heterocycles. The Morgan fingerprint density at radius 1 is 1.13 bits per heavy atom. The number of hydrogen-bond acceptors (Lipinski definition) is 3. The second-order valence-corrected chi connectivity index (χ2v) is 6.92. The van der Waals surface area contributed by atoms with E-state index in [1.165, 1.54) is 12.1 Å². The van der Waals surface area contributed by atoms with E-state index in [1.807, 2.05) is 36.7 Å². The smallest absolute Gasteiger partial charge is 0.258 e. The molecule has 0 aliphatic carbocycles. The van der Waals surface area contributed by atoms with Gasteiger partial charge in [0.05, 0.1) is 17.8 Å². The van der Waals surface area contributed by atoms with E-state index in [0.29, 0.717) is 5.75 Å². The van der Waals surface area contributed by atoms with E-state index >= 15 is 0 Å². The summed E-state index contributed by atoms with van der Waals surface area (Å²) < 4.78 is 21.2. The van der Waals surface area contributed by atoms with E-state index in [2.05, 4.69) is 21.8 Å². The number of hydrogen-bond donors (Lipinski definition) is 1. The van der Waals surface area contributed by atoms with Crippen LogP contribution >= 0.6 is 0 Å². The fourth-order valence-electron chi connectivity index (χ4n) is 3.52. The third kappa shape index (κ3) is 4.17. The van der Waals surface area contributed by atoms with Crippen LogP contribution in [-0.2, 0) is 11.3 Å². The van der Waals surface area contributed by atoms with Crippen molar-refractivity contribution in [2.24, 2.45) is 0 Å². The molecular weight excluding hydrogens is 381 g/mol. The van der Waals surface area contributed by atoms with Crippen molar-refractivity contribution in [1.82, 2.24) is 14.9 Å². The van der Waals surface area contributed by atoms with Gasteiger partial charge in [0.25, 0.3) is 5.91 Å². The largest absolute Gasteiger partial charge is 0.484 e. The number of ether oxygens (including phenoxy) is 1. The van der Waals surface area contributed by atoms with Crippen molar-refractivity contribution < 1.29 is 13.9 Å². The van der Waals surface area contributed by atoms with Crippen LogP contribution in [0.5, 0.6) is 5.75 Å². The van der Waals surface area contributed by atoms with Gasteiger partial charge in [0, 0.05) is 29.9 Å². The lowest BCUT2D eigenvalue weighted by Crippen LogP contribution is -2.33. The summed E-state index contributed by atoms with van der Waals surface area (Å²) in [4.78, 5) is 16.9. The molecule has 4 rings (SSSR count). The first-order valence-electron chi connectivity index (χ1n) is 9.81. The van der Waals surface area contributed by atoms with Crippen LogP contribution in [0, 0.1) is 5.82 Å². The minimum absolute atomic E-state index is 0.115. The third-order valence-electron chi connectivity index (χ3n) is 4.99. The number of para-hydroxylation sites is 1. The van der Waals surface area contributed by atoms with Crippen molar-refractivity contribution in [2.75, 3.05) is 6.61 Å². The summed E-state index contributed by atoms with van der Waals surface area (Å²) in [5.41, 5.74) is 2.70. The molecule has 1 amide bonds. The van der Waals surface area contributed by atoms with Crippen LogP contribution in [0.15, 0.2) is 79.3 Å². The molecule has 0 aliphatic heterocycles. The highest BCUT2D eigenvalue weighted by Crippen LogP contribution is 2.30. The molecule has 0 radical (unpaired) electrons. The van der Waals surface area contributed by atoms with E-state index in [-0.39, 0.29) is 18.3 Å². The number of benzene rings is 2. The highest BCUT2D eigenvalue weighted by Gasteiger charge is 2.22. The molecule has 2 aromatic carbocycles. The van der Waals surface area contributed by atoms with Crippen molar-refractivity contribution in [1.29, 1.82) is 0 Å². The number of nitrogens with zero attached hydrogens (tertiary/aromatic N) is 2. The molecule has 4 aromatic rings. The molecule has 1 N–H and O–H groups in total. The quantitative estimate of drug-likeness (QED) is 0.495. The third-order valence-corrected chi connectivity index (χ3v) is 4.99. The first kappa shape index (κ1) is 19.6. The minimum atomic E-state index is -0.449.